The second-order valence-corrected chi connectivity index (χ2v) is 2.08. The third-order valence-electron chi connectivity index (χ3n) is 1.18. The van der Waals surface area contributed by atoms with Crippen molar-refractivity contribution in [3.63, 3.8) is 0 Å². The molecule has 66 valence electrons. The molecule has 0 aromatic rings. The molecule has 0 aliphatic heterocycles. The van der Waals surface area contributed by atoms with Gasteiger partial charge in [-0.05, 0) is 13.3 Å². The van der Waals surface area contributed by atoms with Crippen LogP contribution in [0, 0.1) is 0 Å². The molecule has 4 heteroatoms. The molecule has 0 aliphatic carbocycles. The predicted molar refractivity (Wildman–Crippen MR) is 38.0 cm³/mol. The Kier molecular flexibility index (Phi) is 5.74. The van der Waals surface area contributed by atoms with Crippen LogP contribution in [-0.4, -0.2) is 32.5 Å². The summed E-state index contributed by atoms with van der Waals surface area (Å²) in [5, 5.41) is 0. The smallest absolute Gasteiger partial charge is 0.334 e. The minimum atomic E-state index is -0.591. The van der Waals surface area contributed by atoms with E-state index in [0.717, 1.165) is 0 Å². The van der Waals surface area contributed by atoms with Gasteiger partial charge in [0, 0.05) is 0 Å². The first-order valence-corrected chi connectivity index (χ1v) is 3.47. The van der Waals surface area contributed by atoms with Crippen LogP contribution in [0.25, 0.3) is 0 Å². The Hall–Kier alpha value is -0.640. The standard InChI is InChI=1S/C7H13FO3/c1-6(7(9)10-2)11-5-3-4-8/h6H,3-5H2,1-2H3. The van der Waals surface area contributed by atoms with Crippen LogP contribution in [0.3, 0.4) is 0 Å². The zero-order valence-corrected chi connectivity index (χ0v) is 6.80. The Labute approximate surface area is 65.5 Å². The number of rotatable bonds is 5. The van der Waals surface area contributed by atoms with Gasteiger partial charge in [-0.1, -0.05) is 0 Å². The second-order valence-electron chi connectivity index (χ2n) is 2.08. The molecular weight excluding hydrogens is 151 g/mol. The first kappa shape index (κ1) is 10.4. The van der Waals surface area contributed by atoms with Gasteiger partial charge >= 0.3 is 5.97 Å². The van der Waals surface area contributed by atoms with Crippen molar-refractivity contribution < 1.29 is 18.7 Å². The van der Waals surface area contributed by atoms with E-state index in [9.17, 15) is 9.18 Å². The highest BCUT2D eigenvalue weighted by Gasteiger charge is 2.12. The summed E-state index contributed by atoms with van der Waals surface area (Å²) in [7, 11) is 1.29. The van der Waals surface area contributed by atoms with Crippen LogP contribution < -0.4 is 0 Å². The fourth-order valence-electron chi connectivity index (χ4n) is 0.549. The summed E-state index contributed by atoms with van der Waals surface area (Å²) in [5.74, 6) is -0.427. The number of methoxy groups -OCH3 is 1. The summed E-state index contributed by atoms with van der Waals surface area (Å²) >= 11 is 0. The van der Waals surface area contributed by atoms with E-state index in [1.807, 2.05) is 0 Å². The summed E-state index contributed by atoms with van der Waals surface area (Å²) in [4.78, 5) is 10.7. The van der Waals surface area contributed by atoms with E-state index in [2.05, 4.69) is 4.74 Å². The number of hydrogen-bond donors (Lipinski definition) is 0. The largest absolute Gasteiger partial charge is 0.467 e. The summed E-state index contributed by atoms with van der Waals surface area (Å²) in [6.45, 7) is 1.41. The highest BCUT2D eigenvalue weighted by atomic mass is 19.1. The van der Waals surface area contributed by atoms with Crippen LogP contribution in [0.4, 0.5) is 4.39 Å². The Bertz CT molecular complexity index is 116. The lowest BCUT2D eigenvalue weighted by atomic mass is 10.4. The van der Waals surface area contributed by atoms with E-state index in [0.29, 0.717) is 6.42 Å². The zero-order chi connectivity index (χ0) is 8.69. The van der Waals surface area contributed by atoms with E-state index in [4.69, 9.17) is 4.74 Å². The fraction of sp³-hybridized carbons (Fsp3) is 0.857. The molecule has 0 rings (SSSR count). The van der Waals surface area contributed by atoms with Gasteiger partial charge < -0.3 is 9.47 Å². The minimum absolute atomic E-state index is 0.257. The highest BCUT2D eigenvalue weighted by Crippen LogP contribution is 1.94. The molecular formula is C7H13FO3. The van der Waals surface area contributed by atoms with Crippen LogP contribution in [-0.2, 0) is 14.3 Å². The SMILES string of the molecule is COC(=O)C(C)OCCCF. The van der Waals surface area contributed by atoms with Gasteiger partial charge in [-0.25, -0.2) is 4.79 Å². The third-order valence-corrected chi connectivity index (χ3v) is 1.18. The van der Waals surface area contributed by atoms with Gasteiger partial charge in [0.2, 0.25) is 0 Å². The molecule has 0 saturated heterocycles. The van der Waals surface area contributed by atoms with Crippen molar-refractivity contribution >= 4 is 5.97 Å². The van der Waals surface area contributed by atoms with E-state index >= 15 is 0 Å². The van der Waals surface area contributed by atoms with Crippen LogP contribution in [0.5, 0.6) is 0 Å². The molecule has 3 nitrogen and oxygen atoms in total. The Morgan fingerprint density at radius 3 is 2.73 bits per heavy atom. The first-order valence-electron chi connectivity index (χ1n) is 3.47. The molecule has 1 atom stereocenters. The maximum Gasteiger partial charge on any atom is 0.334 e. The molecule has 0 radical (unpaired) electrons. The van der Waals surface area contributed by atoms with Crippen molar-refractivity contribution in [3.05, 3.63) is 0 Å². The number of carbonyl (C=O) groups excluding carboxylic acids is 1. The van der Waals surface area contributed by atoms with Gasteiger partial charge in [0.15, 0.2) is 6.10 Å². The topological polar surface area (TPSA) is 35.5 Å². The lowest BCUT2D eigenvalue weighted by Gasteiger charge is -2.08. The molecule has 0 fully saturated rings. The number of alkyl halides is 1. The van der Waals surface area contributed by atoms with Crippen molar-refractivity contribution in [1.29, 1.82) is 0 Å². The summed E-state index contributed by atoms with van der Waals surface area (Å²) in [5.41, 5.74) is 0. The lowest BCUT2D eigenvalue weighted by Crippen LogP contribution is -2.22. The number of hydrogen-bond acceptors (Lipinski definition) is 3. The first-order chi connectivity index (χ1) is 5.22. The molecule has 0 heterocycles. The van der Waals surface area contributed by atoms with Gasteiger partial charge in [0.25, 0.3) is 0 Å². The highest BCUT2D eigenvalue weighted by molar-refractivity contribution is 5.73. The van der Waals surface area contributed by atoms with Crippen molar-refractivity contribution in [2.75, 3.05) is 20.4 Å². The van der Waals surface area contributed by atoms with Crippen molar-refractivity contribution in [2.24, 2.45) is 0 Å². The van der Waals surface area contributed by atoms with Gasteiger partial charge in [0.1, 0.15) is 0 Å². The maximum atomic E-state index is 11.5. The number of ether oxygens (including phenoxy) is 2. The van der Waals surface area contributed by atoms with E-state index in [-0.39, 0.29) is 6.61 Å². The molecule has 0 amide bonds. The lowest BCUT2D eigenvalue weighted by molar-refractivity contribution is -0.152. The van der Waals surface area contributed by atoms with Crippen LogP contribution in [0.1, 0.15) is 13.3 Å². The summed E-state index contributed by atoms with van der Waals surface area (Å²) in [6, 6.07) is 0. The van der Waals surface area contributed by atoms with Gasteiger partial charge in [-0.15, -0.1) is 0 Å². The van der Waals surface area contributed by atoms with Crippen molar-refractivity contribution in [2.45, 2.75) is 19.4 Å². The number of halogens is 1. The molecule has 0 spiro atoms. The Morgan fingerprint density at radius 1 is 1.64 bits per heavy atom. The maximum absolute atomic E-state index is 11.5. The van der Waals surface area contributed by atoms with Gasteiger partial charge in [0.05, 0.1) is 20.4 Å². The summed E-state index contributed by atoms with van der Waals surface area (Å²) < 4.78 is 20.8. The van der Waals surface area contributed by atoms with E-state index in [1.54, 1.807) is 6.92 Å². The number of carbonyl (C=O) groups is 1. The van der Waals surface area contributed by atoms with Gasteiger partial charge in [-0.2, -0.15) is 0 Å². The Balaban J connectivity index is 3.36. The van der Waals surface area contributed by atoms with E-state index in [1.165, 1.54) is 7.11 Å². The zero-order valence-electron chi connectivity index (χ0n) is 6.80. The fourth-order valence-corrected chi connectivity index (χ4v) is 0.549. The molecule has 0 saturated carbocycles. The number of esters is 1. The van der Waals surface area contributed by atoms with Crippen LogP contribution in [0.15, 0.2) is 0 Å². The quantitative estimate of drug-likeness (QED) is 0.448. The third kappa shape index (κ3) is 4.72. The molecule has 11 heavy (non-hydrogen) atoms. The molecule has 0 aliphatic rings. The average molecular weight is 164 g/mol. The molecule has 0 aromatic carbocycles. The van der Waals surface area contributed by atoms with Crippen LogP contribution >= 0.6 is 0 Å². The molecule has 0 bridgehead atoms. The van der Waals surface area contributed by atoms with Crippen molar-refractivity contribution in [3.8, 4) is 0 Å². The van der Waals surface area contributed by atoms with Gasteiger partial charge in [-0.3, -0.25) is 4.39 Å². The minimum Gasteiger partial charge on any atom is -0.467 e. The molecule has 0 aromatic heterocycles. The monoisotopic (exact) mass is 164 g/mol. The normalized spacial score (nSPS) is 12.6. The average Bonchev–Trinajstić information content (AvgIpc) is 2.03. The van der Waals surface area contributed by atoms with Crippen LogP contribution in [0.2, 0.25) is 0 Å². The van der Waals surface area contributed by atoms with Crippen molar-refractivity contribution in [1.82, 2.24) is 0 Å². The Morgan fingerprint density at radius 2 is 2.27 bits per heavy atom. The second kappa shape index (κ2) is 6.09. The summed E-state index contributed by atoms with van der Waals surface area (Å²) in [6.07, 6.45) is -0.270. The predicted octanol–water partition coefficient (Wildman–Crippen LogP) is 0.924. The van der Waals surface area contributed by atoms with E-state index < -0.39 is 18.7 Å². The molecule has 1 unspecified atom stereocenters. The molecule has 0 N–H and O–H groups in total.